The lowest BCUT2D eigenvalue weighted by Gasteiger charge is -2.31. The summed E-state index contributed by atoms with van der Waals surface area (Å²) in [6.45, 7) is 8.49. The number of ketones is 1. The van der Waals surface area contributed by atoms with Gasteiger partial charge in [0.1, 0.15) is 0 Å². The molecule has 27 heavy (non-hydrogen) atoms. The molecule has 1 saturated heterocycles. The van der Waals surface area contributed by atoms with Gasteiger partial charge in [0, 0.05) is 24.7 Å². The first-order chi connectivity index (χ1) is 13.0. The van der Waals surface area contributed by atoms with Crippen LogP contribution in [0.15, 0.2) is 23.4 Å². The fourth-order valence-corrected chi connectivity index (χ4v) is 4.66. The van der Waals surface area contributed by atoms with Gasteiger partial charge in [0.2, 0.25) is 5.95 Å². The zero-order valence-electron chi connectivity index (χ0n) is 16.4. The molecule has 6 heteroatoms. The second-order valence-corrected chi connectivity index (χ2v) is 9.03. The minimum Gasteiger partial charge on any atom is -0.341 e. The Bertz CT molecular complexity index is 835. The van der Waals surface area contributed by atoms with Crippen molar-refractivity contribution in [3.05, 3.63) is 34.9 Å². The smallest absolute Gasteiger partial charge is 0.228 e. The van der Waals surface area contributed by atoms with E-state index in [1.807, 2.05) is 19.1 Å². The molecule has 2 aliphatic rings. The summed E-state index contributed by atoms with van der Waals surface area (Å²) >= 11 is 1.53. The molecule has 2 heterocycles. The standard InChI is InChI=1S/C21H28N4OS/c1-14-8-10-24(11-9-14)20-22-23-21(25(20)17-5-6-17)27-13-19(26)18-7-4-15(2)12-16(18)3/h4,7,12,14,17H,5-6,8-11,13H2,1-3H3. The van der Waals surface area contributed by atoms with Crippen molar-refractivity contribution < 1.29 is 4.79 Å². The normalized spacial score (nSPS) is 18.1. The van der Waals surface area contributed by atoms with Crippen LogP contribution in [0.5, 0.6) is 0 Å². The van der Waals surface area contributed by atoms with Crippen LogP contribution in [0, 0.1) is 19.8 Å². The monoisotopic (exact) mass is 384 g/mol. The van der Waals surface area contributed by atoms with Gasteiger partial charge in [0.05, 0.1) is 5.75 Å². The predicted octanol–water partition coefficient (Wildman–Crippen LogP) is 4.44. The first-order valence-corrected chi connectivity index (χ1v) is 10.9. The summed E-state index contributed by atoms with van der Waals surface area (Å²) in [5.41, 5.74) is 3.05. The highest BCUT2D eigenvalue weighted by Crippen LogP contribution is 2.41. The molecule has 0 N–H and O–H groups in total. The summed E-state index contributed by atoms with van der Waals surface area (Å²) in [5, 5.41) is 9.86. The Morgan fingerprint density at radius 3 is 2.56 bits per heavy atom. The lowest BCUT2D eigenvalue weighted by atomic mass is 10.00. The number of aromatic nitrogens is 3. The van der Waals surface area contributed by atoms with E-state index in [9.17, 15) is 4.79 Å². The van der Waals surface area contributed by atoms with E-state index >= 15 is 0 Å². The molecule has 0 atom stereocenters. The van der Waals surface area contributed by atoms with Crippen LogP contribution in [-0.4, -0.2) is 39.4 Å². The molecule has 4 rings (SSSR count). The Balaban J connectivity index is 1.48. The predicted molar refractivity (Wildman–Crippen MR) is 110 cm³/mol. The second kappa shape index (κ2) is 7.66. The second-order valence-electron chi connectivity index (χ2n) is 8.08. The minimum atomic E-state index is 0.163. The Morgan fingerprint density at radius 1 is 1.15 bits per heavy atom. The Hall–Kier alpha value is -1.82. The molecular weight excluding hydrogens is 356 g/mol. The molecule has 2 aromatic rings. The third-order valence-corrected chi connectivity index (χ3v) is 6.58. The van der Waals surface area contributed by atoms with Crippen LogP contribution in [0.2, 0.25) is 0 Å². The topological polar surface area (TPSA) is 51.0 Å². The molecule has 5 nitrogen and oxygen atoms in total. The molecule has 0 radical (unpaired) electrons. The van der Waals surface area contributed by atoms with E-state index in [0.29, 0.717) is 11.8 Å². The number of benzene rings is 1. The van der Waals surface area contributed by atoms with Gasteiger partial charge < -0.3 is 4.90 Å². The van der Waals surface area contributed by atoms with Crippen LogP contribution in [-0.2, 0) is 0 Å². The fraction of sp³-hybridized carbons (Fsp3) is 0.571. The lowest BCUT2D eigenvalue weighted by Crippen LogP contribution is -2.34. The van der Waals surface area contributed by atoms with E-state index in [1.54, 1.807) is 0 Å². The molecule has 0 bridgehead atoms. The summed E-state index contributed by atoms with van der Waals surface area (Å²) in [5.74, 6) is 2.37. The maximum absolute atomic E-state index is 12.7. The summed E-state index contributed by atoms with van der Waals surface area (Å²) < 4.78 is 2.29. The van der Waals surface area contributed by atoms with Gasteiger partial charge in [-0.05, 0) is 51.0 Å². The van der Waals surface area contributed by atoms with Crippen LogP contribution >= 0.6 is 11.8 Å². The van der Waals surface area contributed by atoms with Crippen LogP contribution in [0.1, 0.15) is 60.1 Å². The van der Waals surface area contributed by atoms with Crippen molar-refractivity contribution in [2.75, 3.05) is 23.7 Å². The van der Waals surface area contributed by atoms with Crippen LogP contribution in [0.25, 0.3) is 0 Å². The fourth-order valence-electron chi connectivity index (χ4n) is 3.78. The Labute approximate surface area is 165 Å². The van der Waals surface area contributed by atoms with Gasteiger partial charge in [0.25, 0.3) is 0 Å². The molecule has 0 spiro atoms. The molecule has 0 unspecified atom stereocenters. The highest BCUT2D eigenvalue weighted by molar-refractivity contribution is 7.99. The average Bonchev–Trinajstić information content (AvgIpc) is 3.40. The summed E-state index contributed by atoms with van der Waals surface area (Å²) in [7, 11) is 0. The molecule has 1 saturated carbocycles. The molecule has 1 aromatic heterocycles. The molecule has 1 aliphatic heterocycles. The average molecular weight is 385 g/mol. The number of hydrogen-bond acceptors (Lipinski definition) is 5. The first kappa shape index (κ1) is 18.5. The summed E-state index contributed by atoms with van der Waals surface area (Å²) in [6.07, 6.45) is 4.80. The van der Waals surface area contributed by atoms with E-state index in [0.717, 1.165) is 41.2 Å². The van der Waals surface area contributed by atoms with Gasteiger partial charge in [-0.25, -0.2) is 0 Å². The van der Waals surface area contributed by atoms with E-state index in [4.69, 9.17) is 0 Å². The van der Waals surface area contributed by atoms with Crippen molar-refractivity contribution in [1.82, 2.24) is 14.8 Å². The molecule has 1 aromatic carbocycles. The minimum absolute atomic E-state index is 0.163. The summed E-state index contributed by atoms with van der Waals surface area (Å²) in [6, 6.07) is 6.53. The van der Waals surface area contributed by atoms with Crippen molar-refractivity contribution in [2.45, 2.75) is 57.7 Å². The third kappa shape index (κ3) is 4.05. The van der Waals surface area contributed by atoms with E-state index in [2.05, 4.69) is 39.6 Å². The lowest BCUT2D eigenvalue weighted by molar-refractivity contribution is 0.102. The van der Waals surface area contributed by atoms with Crippen molar-refractivity contribution in [3.63, 3.8) is 0 Å². The number of hydrogen-bond donors (Lipinski definition) is 0. The zero-order valence-corrected chi connectivity index (χ0v) is 17.3. The molecule has 144 valence electrons. The van der Waals surface area contributed by atoms with Crippen LogP contribution in [0.4, 0.5) is 5.95 Å². The van der Waals surface area contributed by atoms with Gasteiger partial charge in [-0.2, -0.15) is 0 Å². The number of rotatable bonds is 6. The molecule has 1 aliphatic carbocycles. The zero-order chi connectivity index (χ0) is 19.0. The maximum Gasteiger partial charge on any atom is 0.228 e. The Kier molecular flexibility index (Phi) is 5.26. The van der Waals surface area contributed by atoms with Gasteiger partial charge >= 0.3 is 0 Å². The van der Waals surface area contributed by atoms with Crippen molar-refractivity contribution in [3.8, 4) is 0 Å². The van der Waals surface area contributed by atoms with Crippen molar-refractivity contribution in [1.29, 1.82) is 0 Å². The van der Waals surface area contributed by atoms with Crippen LogP contribution in [0.3, 0.4) is 0 Å². The highest BCUT2D eigenvalue weighted by Gasteiger charge is 2.32. The summed E-state index contributed by atoms with van der Waals surface area (Å²) in [4.78, 5) is 15.1. The Morgan fingerprint density at radius 2 is 1.89 bits per heavy atom. The van der Waals surface area contributed by atoms with Gasteiger partial charge in [-0.3, -0.25) is 9.36 Å². The van der Waals surface area contributed by atoms with E-state index in [-0.39, 0.29) is 5.78 Å². The van der Waals surface area contributed by atoms with Crippen molar-refractivity contribution >= 4 is 23.5 Å². The van der Waals surface area contributed by atoms with E-state index in [1.165, 1.54) is 43.0 Å². The van der Waals surface area contributed by atoms with Gasteiger partial charge in [0.15, 0.2) is 10.9 Å². The van der Waals surface area contributed by atoms with Crippen molar-refractivity contribution in [2.24, 2.45) is 5.92 Å². The number of carbonyl (C=O) groups excluding carboxylic acids is 1. The number of anilines is 1. The quantitative estimate of drug-likeness (QED) is 0.544. The third-order valence-electron chi connectivity index (χ3n) is 5.64. The number of carbonyl (C=O) groups is 1. The number of piperidine rings is 1. The SMILES string of the molecule is Cc1ccc(C(=O)CSc2nnc(N3CCC(C)CC3)n2C2CC2)c(C)c1. The number of aryl methyl sites for hydroxylation is 2. The maximum atomic E-state index is 12.7. The molecule has 0 amide bonds. The first-order valence-electron chi connectivity index (χ1n) is 9.96. The van der Waals surface area contributed by atoms with Gasteiger partial charge in [-0.15, -0.1) is 10.2 Å². The molecule has 2 fully saturated rings. The largest absolute Gasteiger partial charge is 0.341 e. The number of nitrogens with zero attached hydrogens (tertiary/aromatic N) is 4. The molecular formula is C21H28N4OS. The highest BCUT2D eigenvalue weighted by atomic mass is 32.2. The number of Topliss-reactive ketones (excluding diaryl/α,β-unsaturated/α-hetero) is 1. The van der Waals surface area contributed by atoms with Crippen LogP contribution < -0.4 is 4.90 Å². The van der Waals surface area contributed by atoms with E-state index < -0.39 is 0 Å². The number of thioether (sulfide) groups is 1. The van der Waals surface area contributed by atoms with Gasteiger partial charge in [-0.1, -0.05) is 42.4 Å².